The van der Waals surface area contributed by atoms with Crippen LogP contribution in [0.15, 0.2) is 51.5 Å². The van der Waals surface area contributed by atoms with E-state index in [2.05, 4.69) is 25.9 Å². The van der Waals surface area contributed by atoms with Crippen LogP contribution in [-0.4, -0.2) is 60.7 Å². The molecule has 40 heavy (non-hydrogen) atoms. The van der Waals surface area contributed by atoms with Gasteiger partial charge in [0.15, 0.2) is 5.96 Å². The molecule has 0 fully saturated rings. The summed E-state index contributed by atoms with van der Waals surface area (Å²) in [7, 11) is 0. The number of carbonyl (C=O) groups is 5. The van der Waals surface area contributed by atoms with Gasteiger partial charge < -0.3 is 27.4 Å². The van der Waals surface area contributed by atoms with Crippen molar-refractivity contribution in [2.75, 3.05) is 19.6 Å². The summed E-state index contributed by atoms with van der Waals surface area (Å²) in [6.07, 6.45) is 4.73. The quantitative estimate of drug-likeness (QED) is 0.154. The molecule has 3 rings (SSSR count). The third kappa shape index (κ3) is 8.85. The first-order valence-corrected chi connectivity index (χ1v) is 13.6. The Labute approximate surface area is 233 Å². The Hall–Kier alpha value is -4.35. The van der Waals surface area contributed by atoms with E-state index < -0.39 is 29.5 Å². The van der Waals surface area contributed by atoms with Crippen molar-refractivity contribution in [3.05, 3.63) is 47.0 Å². The minimum Gasteiger partial charge on any atom is -0.370 e. The molecule has 0 bridgehead atoms. The Balaban J connectivity index is 1.83. The van der Waals surface area contributed by atoms with E-state index in [9.17, 15) is 24.0 Å². The van der Waals surface area contributed by atoms with Gasteiger partial charge in [0.2, 0.25) is 11.8 Å². The van der Waals surface area contributed by atoms with Gasteiger partial charge in [0.05, 0.1) is 11.3 Å². The van der Waals surface area contributed by atoms with Crippen LogP contribution in [0.3, 0.4) is 0 Å². The molecule has 2 aliphatic rings. The molecule has 4 amide bonds. The monoisotopic (exact) mass is 551 g/mol. The molecule has 12 nitrogen and oxygen atoms in total. The number of aliphatic imine (C=N–C) groups is 2. The molecule has 0 radical (unpaired) electrons. The van der Waals surface area contributed by atoms with E-state index in [1.807, 2.05) is 6.07 Å². The number of nitrogens with zero attached hydrogens (tertiary/aromatic N) is 2. The minimum absolute atomic E-state index is 0.00564. The third-order valence-corrected chi connectivity index (χ3v) is 6.63. The highest BCUT2D eigenvalue weighted by molar-refractivity contribution is 6.52. The van der Waals surface area contributed by atoms with E-state index in [-0.39, 0.29) is 61.1 Å². The molecule has 2 heterocycles. The number of ketones is 1. The van der Waals surface area contributed by atoms with Gasteiger partial charge in [-0.05, 0) is 37.7 Å². The molecule has 0 aliphatic carbocycles. The van der Waals surface area contributed by atoms with Crippen LogP contribution in [0.5, 0.6) is 0 Å². The van der Waals surface area contributed by atoms with Crippen LogP contribution in [0.2, 0.25) is 0 Å². The number of carbonyl (C=O) groups excluding carboxylic acids is 5. The summed E-state index contributed by atoms with van der Waals surface area (Å²) in [6, 6.07) is 7.95. The van der Waals surface area contributed by atoms with Crippen LogP contribution in [0.4, 0.5) is 0 Å². The molecule has 1 unspecified atom stereocenters. The van der Waals surface area contributed by atoms with E-state index >= 15 is 0 Å². The standard InChI is InChI=1S/C28H37N7O5/c29-28(30)33-16-9-12-20-22-19(25(38)34-20)14-17-32-26(39)23(18-10-5-4-6-11-18)35-21(36)13-7-2-1-3-8-15-31-27(40)24(22)37/h4-6,10-11,23H,1-3,7-9,12-17H2,(H,31,40)(H,32,39)(H,35,36)(H4,29,30,33). The maximum Gasteiger partial charge on any atom is 0.292 e. The van der Waals surface area contributed by atoms with Gasteiger partial charge >= 0.3 is 0 Å². The molecule has 0 saturated carbocycles. The number of nitrogens with two attached hydrogens (primary N) is 2. The Morgan fingerprint density at radius 2 is 1.62 bits per heavy atom. The van der Waals surface area contributed by atoms with Gasteiger partial charge in [0.25, 0.3) is 17.6 Å². The van der Waals surface area contributed by atoms with Crippen LogP contribution >= 0.6 is 0 Å². The lowest BCUT2D eigenvalue weighted by Crippen LogP contribution is -2.41. The number of Topliss-reactive ketones (excluding diaryl/α,β-unsaturated/α-hetero) is 1. The van der Waals surface area contributed by atoms with Crippen molar-refractivity contribution in [1.82, 2.24) is 16.0 Å². The van der Waals surface area contributed by atoms with Crippen molar-refractivity contribution in [3.63, 3.8) is 0 Å². The van der Waals surface area contributed by atoms with Crippen molar-refractivity contribution in [3.8, 4) is 0 Å². The van der Waals surface area contributed by atoms with Crippen molar-refractivity contribution in [1.29, 1.82) is 0 Å². The minimum atomic E-state index is -0.918. The normalized spacial score (nSPS) is 20.2. The molecule has 214 valence electrons. The Kier molecular flexibility index (Phi) is 11.5. The zero-order chi connectivity index (χ0) is 28.9. The van der Waals surface area contributed by atoms with Gasteiger partial charge in [-0.2, -0.15) is 0 Å². The van der Waals surface area contributed by atoms with Crippen molar-refractivity contribution in [2.24, 2.45) is 21.5 Å². The van der Waals surface area contributed by atoms with Crippen LogP contribution in [0.25, 0.3) is 0 Å². The number of hydrogen-bond acceptors (Lipinski definition) is 6. The van der Waals surface area contributed by atoms with Crippen LogP contribution in [-0.2, 0) is 24.0 Å². The summed E-state index contributed by atoms with van der Waals surface area (Å²) in [5.41, 5.74) is 11.6. The maximum absolute atomic E-state index is 13.2. The average molecular weight is 552 g/mol. The second-order valence-corrected chi connectivity index (χ2v) is 9.68. The highest BCUT2D eigenvalue weighted by Gasteiger charge is 2.34. The molecule has 1 aromatic rings. The molecule has 12 heteroatoms. The third-order valence-electron chi connectivity index (χ3n) is 6.63. The van der Waals surface area contributed by atoms with E-state index in [0.29, 0.717) is 31.4 Å². The van der Waals surface area contributed by atoms with Gasteiger partial charge in [-0.3, -0.25) is 29.0 Å². The predicted octanol–water partition coefficient (Wildman–Crippen LogP) is 0.721. The van der Waals surface area contributed by atoms with Gasteiger partial charge in [-0.1, -0.05) is 49.6 Å². The van der Waals surface area contributed by atoms with Crippen LogP contribution in [0.1, 0.15) is 69.4 Å². The van der Waals surface area contributed by atoms with E-state index in [0.717, 1.165) is 19.3 Å². The summed E-state index contributed by atoms with van der Waals surface area (Å²) in [5, 5.41) is 8.21. The van der Waals surface area contributed by atoms with E-state index in [1.165, 1.54) is 0 Å². The van der Waals surface area contributed by atoms with Crippen LogP contribution in [0, 0.1) is 0 Å². The zero-order valence-corrected chi connectivity index (χ0v) is 22.5. The number of guanidine groups is 1. The van der Waals surface area contributed by atoms with E-state index in [1.54, 1.807) is 24.3 Å². The molecule has 2 aliphatic heterocycles. The molecule has 0 aromatic heterocycles. The number of nitrogens with one attached hydrogen (secondary N) is 3. The van der Waals surface area contributed by atoms with Crippen molar-refractivity contribution < 1.29 is 24.0 Å². The Morgan fingerprint density at radius 3 is 2.38 bits per heavy atom. The first-order valence-electron chi connectivity index (χ1n) is 13.6. The number of rotatable bonds is 5. The van der Waals surface area contributed by atoms with Gasteiger partial charge in [-0.25, -0.2) is 4.99 Å². The fourth-order valence-corrected chi connectivity index (χ4v) is 4.59. The molecule has 0 spiro atoms. The molecule has 1 aromatic carbocycles. The van der Waals surface area contributed by atoms with Crippen molar-refractivity contribution >= 4 is 41.1 Å². The highest BCUT2D eigenvalue weighted by Crippen LogP contribution is 2.24. The second-order valence-electron chi connectivity index (χ2n) is 9.68. The fraction of sp³-hybridized carbons (Fsp3) is 0.464. The summed E-state index contributed by atoms with van der Waals surface area (Å²) in [5.74, 6) is -3.02. The van der Waals surface area contributed by atoms with Crippen molar-refractivity contribution in [2.45, 2.75) is 63.8 Å². The predicted molar refractivity (Wildman–Crippen MR) is 150 cm³/mol. The van der Waals surface area contributed by atoms with Crippen LogP contribution < -0.4 is 27.4 Å². The lowest BCUT2D eigenvalue weighted by atomic mass is 9.96. The highest BCUT2D eigenvalue weighted by atomic mass is 16.2. The van der Waals surface area contributed by atoms with E-state index in [4.69, 9.17) is 11.5 Å². The summed E-state index contributed by atoms with van der Waals surface area (Å²) < 4.78 is 0. The second kappa shape index (κ2) is 15.3. The van der Waals surface area contributed by atoms with Gasteiger partial charge in [-0.15, -0.1) is 0 Å². The summed E-state index contributed by atoms with van der Waals surface area (Å²) >= 11 is 0. The molecular weight excluding hydrogens is 514 g/mol. The topological polar surface area (TPSA) is 198 Å². The maximum atomic E-state index is 13.2. The summed E-state index contributed by atoms with van der Waals surface area (Å²) in [4.78, 5) is 72.5. The Bertz CT molecular complexity index is 1200. The lowest BCUT2D eigenvalue weighted by Gasteiger charge is -2.19. The largest absolute Gasteiger partial charge is 0.370 e. The number of amides is 4. The van der Waals surface area contributed by atoms with Gasteiger partial charge in [0.1, 0.15) is 6.04 Å². The zero-order valence-electron chi connectivity index (χ0n) is 22.5. The molecule has 1 atom stereocenters. The fourth-order valence-electron chi connectivity index (χ4n) is 4.59. The van der Waals surface area contributed by atoms with Gasteiger partial charge in [0, 0.05) is 31.6 Å². The smallest absolute Gasteiger partial charge is 0.292 e. The number of benzene rings is 1. The number of hydrogen-bond donors (Lipinski definition) is 5. The molecule has 0 saturated heterocycles. The summed E-state index contributed by atoms with van der Waals surface area (Å²) in [6.45, 7) is 0.572. The molecular formula is C28H37N7O5. The SMILES string of the molecule is NC(N)=NCCCC1=NC(=O)C2=C1C(=O)C(=O)NCCCCCCCC(=O)NC(c1ccccc1)C(=O)NCC2. The first-order chi connectivity index (χ1) is 19.3. The lowest BCUT2D eigenvalue weighted by molar-refractivity contribution is -0.135. The first kappa shape index (κ1) is 30.2. The average Bonchev–Trinajstić information content (AvgIpc) is 3.24. The Morgan fingerprint density at radius 1 is 0.900 bits per heavy atom. The molecule has 7 N–H and O–H groups in total.